The van der Waals surface area contributed by atoms with Crippen LogP contribution in [0.4, 0.5) is 11.6 Å². The molecule has 176 valence electrons. The number of fused-ring (bicyclic) bond motifs is 2. The number of para-hydroxylation sites is 1. The molecular weight excluding hydrogens is 414 g/mol. The van der Waals surface area contributed by atoms with Gasteiger partial charge in [-0.3, -0.25) is 0 Å². The molecule has 2 aromatic heterocycles. The highest BCUT2D eigenvalue weighted by atomic mass is 16.5. The van der Waals surface area contributed by atoms with Crippen LogP contribution in [0.1, 0.15) is 54.8 Å². The molecule has 7 nitrogen and oxygen atoms in total. The van der Waals surface area contributed by atoms with Gasteiger partial charge in [-0.2, -0.15) is 0 Å². The average molecular weight is 450 g/mol. The monoisotopic (exact) mass is 449 g/mol. The first-order valence-corrected chi connectivity index (χ1v) is 11.8. The van der Waals surface area contributed by atoms with Gasteiger partial charge >= 0.3 is 0 Å². The number of hydrogen-bond donors (Lipinski definition) is 1. The second-order valence-electron chi connectivity index (χ2n) is 7.33. The van der Waals surface area contributed by atoms with Gasteiger partial charge in [-0.05, 0) is 37.1 Å². The highest BCUT2D eigenvalue weighted by Crippen LogP contribution is 2.28. The Morgan fingerprint density at radius 3 is 2.48 bits per heavy atom. The lowest BCUT2D eigenvalue weighted by Crippen LogP contribution is -2.02. The fourth-order valence-corrected chi connectivity index (χ4v) is 3.20. The number of anilines is 2. The van der Waals surface area contributed by atoms with Crippen molar-refractivity contribution in [3.63, 3.8) is 0 Å². The fourth-order valence-electron chi connectivity index (χ4n) is 3.20. The molecule has 0 unspecified atom stereocenters. The predicted octanol–water partition coefficient (Wildman–Crippen LogP) is 6.95. The Kier molecular flexibility index (Phi) is 9.18. The van der Waals surface area contributed by atoms with Crippen LogP contribution in [0.5, 0.6) is 11.6 Å². The van der Waals surface area contributed by atoms with Crippen molar-refractivity contribution in [3.05, 3.63) is 48.9 Å². The van der Waals surface area contributed by atoms with Crippen molar-refractivity contribution < 1.29 is 10.9 Å². The van der Waals surface area contributed by atoms with Crippen molar-refractivity contribution in [1.82, 2.24) is 19.9 Å². The first kappa shape index (κ1) is 24.2. The first-order chi connectivity index (χ1) is 16.3. The number of unbranched alkanes of at least 4 members (excludes halogenated alkanes) is 2. The molecule has 4 aromatic rings. The summed E-state index contributed by atoms with van der Waals surface area (Å²) in [5.74, 6) is 1.87. The molecule has 4 rings (SSSR count). The second-order valence-corrected chi connectivity index (χ2v) is 7.33. The van der Waals surface area contributed by atoms with Gasteiger partial charge in [0.25, 0.3) is 0 Å². The van der Waals surface area contributed by atoms with Crippen molar-refractivity contribution in [2.75, 3.05) is 18.5 Å². The molecule has 0 fully saturated rings. The summed E-state index contributed by atoms with van der Waals surface area (Å²) in [6.07, 6.45) is 7.48. The van der Waals surface area contributed by atoms with Crippen molar-refractivity contribution in [1.29, 1.82) is 0 Å². The Balaban J connectivity index is 0.00000133. The normalized spacial score (nSPS) is 10.5. The summed E-state index contributed by atoms with van der Waals surface area (Å²) in [6, 6.07) is 11.7. The van der Waals surface area contributed by atoms with E-state index in [2.05, 4.69) is 34.1 Å². The Labute approximate surface area is 197 Å². The lowest BCUT2D eigenvalue weighted by molar-refractivity contribution is 0.301. The Bertz CT molecular complexity index is 1080. The zero-order valence-corrected chi connectivity index (χ0v) is 20.0. The number of aromatic nitrogens is 4. The largest absolute Gasteiger partial charge is 0.491 e. The standard InChI is InChI=1S/C24H27N5O2.C2H6.H2/c1-3-5-12-30-21-9-7-8-17-15-25-24(29-22(17)21)28-18-10-11-20-19(14-18)23(27-16-26-20)31-13-6-4-2;1-2;/h7-11,14-16H,3-6,12-13H2,1-2H3,(H,25,28,29);1-2H3;1H. The van der Waals surface area contributed by atoms with Gasteiger partial charge in [-0.25, -0.2) is 19.9 Å². The molecule has 0 radical (unpaired) electrons. The molecular formula is C26H35N5O2. The van der Waals surface area contributed by atoms with E-state index in [0.717, 1.165) is 58.9 Å². The predicted molar refractivity (Wildman–Crippen MR) is 137 cm³/mol. The maximum absolute atomic E-state index is 5.93. The van der Waals surface area contributed by atoms with E-state index >= 15 is 0 Å². The van der Waals surface area contributed by atoms with E-state index in [1.54, 1.807) is 6.20 Å². The zero-order chi connectivity index (χ0) is 23.5. The van der Waals surface area contributed by atoms with Gasteiger partial charge in [0.05, 0.1) is 24.1 Å². The van der Waals surface area contributed by atoms with Crippen LogP contribution in [0.25, 0.3) is 21.8 Å². The van der Waals surface area contributed by atoms with Gasteiger partial charge in [0, 0.05) is 18.7 Å². The van der Waals surface area contributed by atoms with E-state index in [1.165, 1.54) is 6.33 Å². The van der Waals surface area contributed by atoms with Crippen LogP contribution in [-0.2, 0) is 0 Å². The molecule has 7 heteroatoms. The minimum Gasteiger partial charge on any atom is -0.491 e. The lowest BCUT2D eigenvalue weighted by atomic mass is 10.2. The highest BCUT2D eigenvalue weighted by molar-refractivity contribution is 5.88. The molecule has 33 heavy (non-hydrogen) atoms. The van der Waals surface area contributed by atoms with Crippen molar-refractivity contribution >= 4 is 33.4 Å². The maximum Gasteiger partial charge on any atom is 0.227 e. The van der Waals surface area contributed by atoms with Crippen molar-refractivity contribution in [2.24, 2.45) is 0 Å². The van der Waals surface area contributed by atoms with Crippen molar-refractivity contribution in [2.45, 2.75) is 53.4 Å². The Hall–Kier alpha value is -3.48. The molecule has 0 bridgehead atoms. The summed E-state index contributed by atoms with van der Waals surface area (Å²) < 4.78 is 11.8. The summed E-state index contributed by atoms with van der Waals surface area (Å²) in [7, 11) is 0. The number of benzene rings is 2. The van der Waals surface area contributed by atoms with Crippen molar-refractivity contribution in [3.8, 4) is 11.6 Å². The number of ether oxygens (including phenoxy) is 2. The summed E-state index contributed by atoms with van der Waals surface area (Å²) in [5.41, 5.74) is 2.47. The van der Waals surface area contributed by atoms with Gasteiger partial charge in [0.15, 0.2) is 0 Å². The summed E-state index contributed by atoms with van der Waals surface area (Å²) >= 11 is 0. The van der Waals surface area contributed by atoms with Gasteiger partial charge in [-0.1, -0.05) is 52.7 Å². The van der Waals surface area contributed by atoms with Crippen LogP contribution < -0.4 is 14.8 Å². The van der Waals surface area contributed by atoms with Crippen LogP contribution in [0.15, 0.2) is 48.9 Å². The average Bonchev–Trinajstić information content (AvgIpc) is 2.86. The quantitative estimate of drug-likeness (QED) is 0.262. The molecule has 0 aliphatic carbocycles. The molecule has 0 saturated heterocycles. The fraction of sp³-hybridized carbons (Fsp3) is 0.385. The molecule has 0 amide bonds. The van der Waals surface area contributed by atoms with E-state index in [0.29, 0.717) is 25.0 Å². The SMILES string of the molecule is CC.CCCCOc1ncnc2ccc(Nc3ncc4cccc(OCCCC)c4n3)cc12.[HH]. The second kappa shape index (κ2) is 12.5. The molecule has 0 atom stereocenters. The zero-order valence-electron chi connectivity index (χ0n) is 20.0. The molecule has 1 N–H and O–H groups in total. The number of nitrogens with zero attached hydrogens (tertiary/aromatic N) is 4. The van der Waals surface area contributed by atoms with E-state index in [9.17, 15) is 0 Å². The van der Waals surface area contributed by atoms with Gasteiger partial charge in [0.2, 0.25) is 11.8 Å². The number of hydrogen-bond acceptors (Lipinski definition) is 7. The first-order valence-electron chi connectivity index (χ1n) is 11.8. The number of rotatable bonds is 10. The summed E-state index contributed by atoms with van der Waals surface area (Å²) in [4.78, 5) is 17.8. The van der Waals surface area contributed by atoms with E-state index in [4.69, 9.17) is 14.5 Å². The topological polar surface area (TPSA) is 82.1 Å². The van der Waals surface area contributed by atoms with Gasteiger partial charge < -0.3 is 14.8 Å². The van der Waals surface area contributed by atoms with E-state index in [1.807, 2.05) is 50.2 Å². The number of nitrogens with one attached hydrogen (secondary N) is 1. The van der Waals surface area contributed by atoms with Crippen LogP contribution in [0.2, 0.25) is 0 Å². The molecule has 2 heterocycles. The molecule has 2 aromatic carbocycles. The summed E-state index contributed by atoms with van der Waals surface area (Å²) in [6.45, 7) is 9.58. The third-order valence-electron chi connectivity index (χ3n) is 4.92. The van der Waals surface area contributed by atoms with Gasteiger partial charge in [-0.15, -0.1) is 0 Å². The Morgan fingerprint density at radius 1 is 0.909 bits per heavy atom. The molecule has 0 spiro atoms. The van der Waals surface area contributed by atoms with Crippen LogP contribution in [-0.4, -0.2) is 33.1 Å². The van der Waals surface area contributed by atoms with Crippen LogP contribution in [0.3, 0.4) is 0 Å². The van der Waals surface area contributed by atoms with E-state index in [-0.39, 0.29) is 1.43 Å². The van der Waals surface area contributed by atoms with E-state index < -0.39 is 0 Å². The van der Waals surface area contributed by atoms with Crippen LogP contribution >= 0.6 is 0 Å². The van der Waals surface area contributed by atoms with Crippen LogP contribution in [0, 0.1) is 0 Å². The minimum absolute atomic E-state index is 0. The minimum atomic E-state index is 0. The molecule has 0 saturated carbocycles. The van der Waals surface area contributed by atoms with Gasteiger partial charge in [0.1, 0.15) is 17.6 Å². The highest BCUT2D eigenvalue weighted by Gasteiger charge is 2.09. The lowest BCUT2D eigenvalue weighted by Gasteiger charge is -2.11. The Morgan fingerprint density at radius 2 is 1.70 bits per heavy atom. The smallest absolute Gasteiger partial charge is 0.227 e. The summed E-state index contributed by atoms with van der Waals surface area (Å²) in [5, 5.41) is 5.09. The molecule has 0 aliphatic rings. The third kappa shape index (κ3) is 6.28. The third-order valence-corrected chi connectivity index (χ3v) is 4.92. The maximum atomic E-state index is 5.93. The molecule has 0 aliphatic heterocycles.